The second-order valence-corrected chi connectivity index (χ2v) is 5.74. The Labute approximate surface area is 128 Å². The highest BCUT2D eigenvalue weighted by molar-refractivity contribution is 7.16. The maximum absolute atomic E-state index is 12.0. The second-order valence-electron chi connectivity index (χ2n) is 4.84. The van der Waals surface area contributed by atoms with Crippen LogP contribution < -0.4 is 10.2 Å². The summed E-state index contributed by atoms with van der Waals surface area (Å²) >= 11 is 1.58. The molecule has 0 aromatic carbocycles. The molecule has 0 bridgehead atoms. The Morgan fingerprint density at radius 3 is 2.71 bits per heavy atom. The molecule has 0 radical (unpaired) electrons. The number of likely N-dealkylation sites (N-methyl/N-ethyl adjacent to an activating group) is 2. The Balaban J connectivity index is 2.41. The van der Waals surface area contributed by atoms with E-state index < -0.39 is 0 Å². The molecule has 2 aromatic rings. The van der Waals surface area contributed by atoms with Crippen molar-refractivity contribution < 1.29 is 4.79 Å². The molecule has 1 amide bonds. The number of aromatic nitrogens is 2. The van der Waals surface area contributed by atoms with E-state index in [1.54, 1.807) is 30.3 Å². The number of thiophene rings is 1. The number of anilines is 2. The van der Waals surface area contributed by atoms with Crippen molar-refractivity contribution in [3.8, 4) is 0 Å². The Hall–Kier alpha value is -1.89. The number of nitrogens with one attached hydrogen (secondary N) is 1. The average molecular weight is 307 g/mol. The van der Waals surface area contributed by atoms with Crippen molar-refractivity contribution in [3.63, 3.8) is 0 Å². The van der Waals surface area contributed by atoms with Crippen LogP contribution in [0.2, 0.25) is 0 Å². The topological polar surface area (TPSA) is 61.4 Å². The van der Waals surface area contributed by atoms with Gasteiger partial charge < -0.3 is 15.1 Å². The molecule has 2 rings (SSSR count). The zero-order valence-electron chi connectivity index (χ0n) is 12.9. The van der Waals surface area contributed by atoms with E-state index in [2.05, 4.69) is 15.3 Å². The number of hydrogen-bond donors (Lipinski definition) is 1. The summed E-state index contributed by atoms with van der Waals surface area (Å²) in [4.78, 5) is 25.6. The number of rotatable bonds is 6. The molecule has 0 unspecified atom stereocenters. The third kappa shape index (κ3) is 3.41. The lowest BCUT2D eigenvalue weighted by atomic mass is 10.3. The first-order chi connectivity index (χ1) is 10.1. The van der Waals surface area contributed by atoms with Crippen LogP contribution in [0.4, 0.5) is 11.8 Å². The van der Waals surface area contributed by atoms with Crippen LogP contribution in [0.15, 0.2) is 11.4 Å². The molecule has 0 spiro atoms. The van der Waals surface area contributed by atoms with Crippen LogP contribution in [0, 0.1) is 0 Å². The molecule has 1 N–H and O–H groups in total. The van der Waals surface area contributed by atoms with E-state index in [0.29, 0.717) is 19.0 Å². The zero-order chi connectivity index (χ0) is 15.4. The normalized spacial score (nSPS) is 10.7. The molecule has 0 aliphatic carbocycles. The van der Waals surface area contributed by atoms with Crippen molar-refractivity contribution in [1.29, 1.82) is 0 Å². The van der Waals surface area contributed by atoms with Gasteiger partial charge in [-0.15, -0.1) is 11.3 Å². The predicted octanol–water partition coefficient (Wildman–Crippen LogP) is 2.04. The monoisotopic (exact) mass is 307 g/mol. The molecule has 0 aliphatic heterocycles. The molecule has 0 saturated carbocycles. The number of nitrogens with zero attached hydrogens (tertiary/aromatic N) is 4. The Bertz CT molecular complexity index is 625. The van der Waals surface area contributed by atoms with E-state index in [1.807, 2.05) is 30.2 Å². The van der Waals surface area contributed by atoms with Crippen LogP contribution in [0.25, 0.3) is 10.2 Å². The minimum Gasteiger partial charge on any atom is -0.354 e. The summed E-state index contributed by atoms with van der Waals surface area (Å²) in [5.74, 6) is 1.48. The van der Waals surface area contributed by atoms with Gasteiger partial charge in [0.05, 0.1) is 11.9 Å². The van der Waals surface area contributed by atoms with E-state index in [0.717, 1.165) is 22.6 Å². The average Bonchev–Trinajstić information content (AvgIpc) is 2.92. The molecular formula is C14H21N5OS. The number of hydrogen-bond acceptors (Lipinski definition) is 6. The maximum Gasteiger partial charge on any atom is 0.241 e. The highest BCUT2D eigenvalue weighted by atomic mass is 32.1. The first-order valence-corrected chi connectivity index (χ1v) is 7.89. The van der Waals surface area contributed by atoms with E-state index in [4.69, 9.17) is 0 Å². The summed E-state index contributed by atoms with van der Waals surface area (Å²) in [7, 11) is 3.53. The number of carbonyl (C=O) groups is 1. The van der Waals surface area contributed by atoms with Gasteiger partial charge in [-0.05, 0) is 25.3 Å². The van der Waals surface area contributed by atoms with Gasteiger partial charge in [0.15, 0.2) is 0 Å². The molecule has 2 aromatic heterocycles. The fourth-order valence-corrected chi connectivity index (χ4v) is 2.72. The number of amides is 1. The summed E-state index contributed by atoms with van der Waals surface area (Å²) in [6, 6.07) is 2.01. The summed E-state index contributed by atoms with van der Waals surface area (Å²) in [6.45, 7) is 5.83. The minimum absolute atomic E-state index is 0.0591. The fraction of sp³-hybridized carbons (Fsp3) is 0.500. The van der Waals surface area contributed by atoms with Crippen molar-refractivity contribution in [2.75, 3.05) is 43.9 Å². The van der Waals surface area contributed by atoms with Crippen molar-refractivity contribution in [2.45, 2.75) is 13.8 Å². The Morgan fingerprint density at radius 2 is 2.10 bits per heavy atom. The summed E-state index contributed by atoms with van der Waals surface area (Å²) in [6.07, 6.45) is 0. The molecule has 0 atom stereocenters. The molecule has 6 nitrogen and oxygen atoms in total. The van der Waals surface area contributed by atoms with E-state index in [9.17, 15) is 4.79 Å². The van der Waals surface area contributed by atoms with Crippen molar-refractivity contribution in [1.82, 2.24) is 14.9 Å². The van der Waals surface area contributed by atoms with Crippen LogP contribution in [0.3, 0.4) is 0 Å². The second kappa shape index (κ2) is 6.71. The van der Waals surface area contributed by atoms with Crippen LogP contribution in [0.5, 0.6) is 0 Å². The molecule has 0 aliphatic rings. The van der Waals surface area contributed by atoms with Crippen molar-refractivity contribution in [2.24, 2.45) is 0 Å². The van der Waals surface area contributed by atoms with Crippen LogP contribution in [-0.2, 0) is 4.79 Å². The molecule has 21 heavy (non-hydrogen) atoms. The van der Waals surface area contributed by atoms with Gasteiger partial charge in [0.25, 0.3) is 0 Å². The minimum atomic E-state index is 0.0591. The van der Waals surface area contributed by atoms with E-state index in [-0.39, 0.29) is 5.91 Å². The number of fused-ring (bicyclic) bond motifs is 1. The molecular weight excluding hydrogens is 286 g/mol. The third-order valence-corrected chi connectivity index (χ3v) is 3.95. The molecule has 7 heteroatoms. The lowest BCUT2D eigenvalue weighted by molar-refractivity contribution is -0.127. The number of carbonyl (C=O) groups excluding carboxylic acids is 1. The predicted molar refractivity (Wildman–Crippen MR) is 88.2 cm³/mol. The van der Waals surface area contributed by atoms with Crippen LogP contribution in [-0.4, -0.2) is 54.5 Å². The molecule has 0 fully saturated rings. The van der Waals surface area contributed by atoms with Crippen molar-refractivity contribution >= 4 is 39.2 Å². The standard InChI is InChI=1S/C14H21N5OS/c1-5-15-14-16-12(10-7-8-21-13(10)17-14)19(6-2)9-11(20)18(3)4/h7-8H,5-6,9H2,1-4H3,(H,15,16,17). The van der Waals surface area contributed by atoms with Crippen LogP contribution in [0.1, 0.15) is 13.8 Å². The van der Waals surface area contributed by atoms with Gasteiger partial charge in [0.2, 0.25) is 11.9 Å². The highest BCUT2D eigenvalue weighted by Gasteiger charge is 2.17. The van der Waals surface area contributed by atoms with Gasteiger partial charge in [-0.3, -0.25) is 4.79 Å². The highest BCUT2D eigenvalue weighted by Crippen LogP contribution is 2.29. The SMILES string of the molecule is CCNc1nc(N(CC)CC(=O)N(C)C)c2ccsc2n1. The van der Waals surface area contributed by atoms with E-state index >= 15 is 0 Å². The lowest BCUT2D eigenvalue weighted by Gasteiger charge is -2.24. The quantitative estimate of drug-likeness (QED) is 0.885. The third-order valence-electron chi connectivity index (χ3n) is 3.15. The van der Waals surface area contributed by atoms with Gasteiger partial charge >= 0.3 is 0 Å². The smallest absolute Gasteiger partial charge is 0.241 e. The van der Waals surface area contributed by atoms with Gasteiger partial charge in [-0.25, -0.2) is 4.98 Å². The van der Waals surface area contributed by atoms with Crippen LogP contribution >= 0.6 is 11.3 Å². The maximum atomic E-state index is 12.0. The molecule has 0 saturated heterocycles. The first kappa shape index (κ1) is 15.5. The first-order valence-electron chi connectivity index (χ1n) is 7.01. The van der Waals surface area contributed by atoms with Gasteiger partial charge in [0.1, 0.15) is 10.6 Å². The summed E-state index contributed by atoms with van der Waals surface area (Å²) < 4.78 is 0. The van der Waals surface area contributed by atoms with Crippen molar-refractivity contribution in [3.05, 3.63) is 11.4 Å². The largest absolute Gasteiger partial charge is 0.354 e. The summed E-state index contributed by atoms with van der Waals surface area (Å²) in [5.41, 5.74) is 0. The summed E-state index contributed by atoms with van der Waals surface area (Å²) in [5, 5.41) is 6.14. The van der Waals surface area contributed by atoms with Gasteiger partial charge in [-0.2, -0.15) is 4.98 Å². The van der Waals surface area contributed by atoms with Gasteiger partial charge in [0, 0.05) is 27.2 Å². The van der Waals surface area contributed by atoms with E-state index in [1.165, 1.54) is 0 Å². The lowest BCUT2D eigenvalue weighted by Crippen LogP contribution is -2.37. The Morgan fingerprint density at radius 1 is 1.33 bits per heavy atom. The Kier molecular flexibility index (Phi) is 4.95. The van der Waals surface area contributed by atoms with Gasteiger partial charge in [-0.1, -0.05) is 0 Å². The molecule has 114 valence electrons. The fourth-order valence-electron chi connectivity index (χ4n) is 1.96. The molecule has 2 heterocycles. The zero-order valence-corrected chi connectivity index (χ0v) is 13.7.